The molecule has 2 unspecified atom stereocenters. The molecule has 1 fully saturated rings. The topological polar surface area (TPSA) is 55.4 Å². The molecule has 5 heteroatoms. The molecular weight excluding hydrogens is 202 g/mol. The Morgan fingerprint density at radius 3 is 2.79 bits per heavy atom. The monoisotopic (exact) mass is 221 g/mol. The van der Waals surface area contributed by atoms with E-state index in [4.69, 9.17) is 4.74 Å². The standard InChI is InChI=1S/C9H19NO3S/c1-3-6-14(11,12)10-9-4-5-13-8(2)7-9/h8-10H,3-7H2,1-2H3. The fourth-order valence-corrected chi connectivity index (χ4v) is 3.06. The molecule has 1 aliphatic rings. The molecule has 0 radical (unpaired) electrons. The fraction of sp³-hybridized carbons (Fsp3) is 1.00. The van der Waals surface area contributed by atoms with Crippen LogP contribution in [0.4, 0.5) is 0 Å². The summed E-state index contributed by atoms with van der Waals surface area (Å²) < 4.78 is 31.0. The summed E-state index contributed by atoms with van der Waals surface area (Å²) in [6, 6.07) is 0.0651. The van der Waals surface area contributed by atoms with Crippen LogP contribution in [0, 0.1) is 0 Å². The highest BCUT2D eigenvalue weighted by atomic mass is 32.2. The maximum absolute atomic E-state index is 11.5. The van der Waals surface area contributed by atoms with E-state index in [1.807, 2.05) is 13.8 Å². The largest absolute Gasteiger partial charge is 0.378 e. The first-order valence-electron chi connectivity index (χ1n) is 5.15. The van der Waals surface area contributed by atoms with Gasteiger partial charge >= 0.3 is 0 Å². The van der Waals surface area contributed by atoms with E-state index in [0.717, 1.165) is 12.8 Å². The molecule has 1 rings (SSSR count). The zero-order valence-corrected chi connectivity index (χ0v) is 9.64. The lowest BCUT2D eigenvalue weighted by Crippen LogP contribution is -2.42. The highest BCUT2D eigenvalue weighted by molar-refractivity contribution is 7.89. The van der Waals surface area contributed by atoms with Gasteiger partial charge in [0.05, 0.1) is 11.9 Å². The Labute approximate surface area is 86.1 Å². The molecule has 14 heavy (non-hydrogen) atoms. The van der Waals surface area contributed by atoms with Crippen molar-refractivity contribution < 1.29 is 13.2 Å². The van der Waals surface area contributed by atoms with E-state index in [9.17, 15) is 8.42 Å². The zero-order valence-electron chi connectivity index (χ0n) is 8.82. The van der Waals surface area contributed by atoms with Gasteiger partial charge < -0.3 is 4.74 Å². The second-order valence-electron chi connectivity index (χ2n) is 3.84. The first kappa shape index (κ1) is 11.9. The molecule has 1 saturated heterocycles. The number of sulfonamides is 1. The van der Waals surface area contributed by atoms with Crippen molar-refractivity contribution in [3.63, 3.8) is 0 Å². The Bertz CT molecular complexity index is 263. The summed E-state index contributed by atoms with van der Waals surface area (Å²) in [5, 5.41) is 0. The van der Waals surface area contributed by atoms with Crippen molar-refractivity contribution in [2.45, 2.75) is 45.3 Å². The molecule has 0 aromatic rings. The van der Waals surface area contributed by atoms with Gasteiger partial charge in [0.25, 0.3) is 0 Å². The van der Waals surface area contributed by atoms with Gasteiger partial charge in [-0.2, -0.15) is 0 Å². The number of hydrogen-bond donors (Lipinski definition) is 1. The van der Waals surface area contributed by atoms with E-state index >= 15 is 0 Å². The van der Waals surface area contributed by atoms with E-state index in [2.05, 4.69) is 4.72 Å². The van der Waals surface area contributed by atoms with Crippen molar-refractivity contribution in [3.05, 3.63) is 0 Å². The Morgan fingerprint density at radius 2 is 2.21 bits per heavy atom. The van der Waals surface area contributed by atoms with Gasteiger partial charge in [0.1, 0.15) is 0 Å². The predicted octanol–water partition coefficient (Wildman–Crippen LogP) is 0.883. The molecule has 0 aromatic heterocycles. The van der Waals surface area contributed by atoms with Crippen molar-refractivity contribution in [1.29, 1.82) is 0 Å². The van der Waals surface area contributed by atoms with Crippen LogP contribution >= 0.6 is 0 Å². The second kappa shape index (κ2) is 5.09. The molecule has 1 aliphatic heterocycles. The van der Waals surface area contributed by atoms with Gasteiger partial charge in [-0.1, -0.05) is 6.92 Å². The van der Waals surface area contributed by atoms with Gasteiger partial charge in [-0.3, -0.25) is 0 Å². The first-order valence-corrected chi connectivity index (χ1v) is 6.80. The molecule has 84 valence electrons. The smallest absolute Gasteiger partial charge is 0.211 e. The van der Waals surface area contributed by atoms with Crippen LogP contribution in [0.2, 0.25) is 0 Å². The van der Waals surface area contributed by atoms with Gasteiger partial charge in [-0.05, 0) is 26.2 Å². The minimum absolute atomic E-state index is 0.0651. The Balaban J connectivity index is 2.43. The third-order valence-corrected chi connectivity index (χ3v) is 3.94. The molecule has 0 aromatic carbocycles. The number of rotatable bonds is 4. The zero-order chi connectivity index (χ0) is 10.6. The van der Waals surface area contributed by atoms with Gasteiger partial charge in [-0.25, -0.2) is 13.1 Å². The molecule has 0 aliphatic carbocycles. The Kier molecular flexibility index (Phi) is 4.34. The molecule has 0 saturated carbocycles. The molecule has 1 heterocycles. The number of nitrogens with one attached hydrogen (secondary N) is 1. The molecule has 2 atom stereocenters. The second-order valence-corrected chi connectivity index (χ2v) is 5.71. The third kappa shape index (κ3) is 3.94. The van der Waals surface area contributed by atoms with Crippen molar-refractivity contribution in [2.24, 2.45) is 0 Å². The van der Waals surface area contributed by atoms with Crippen LogP contribution in [-0.2, 0) is 14.8 Å². The van der Waals surface area contributed by atoms with Gasteiger partial charge in [0, 0.05) is 12.6 Å². The summed E-state index contributed by atoms with van der Waals surface area (Å²) in [5.41, 5.74) is 0. The average Bonchev–Trinajstić information content (AvgIpc) is 2.02. The van der Waals surface area contributed by atoms with Gasteiger partial charge in [0.15, 0.2) is 0 Å². The van der Waals surface area contributed by atoms with E-state index in [-0.39, 0.29) is 17.9 Å². The van der Waals surface area contributed by atoms with Crippen LogP contribution in [-0.4, -0.2) is 32.9 Å². The van der Waals surface area contributed by atoms with E-state index < -0.39 is 10.0 Å². The van der Waals surface area contributed by atoms with E-state index in [0.29, 0.717) is 13.0 Å². The van der Waals surface area contributed by atoms with E-state index in [1.165, 1.54) is 0 Å². The normalized spacial score (nSPS) is 29.0. The van der Waals surface area contributed by atoms with Crippen LogP contribution in [0.5, 0.6) is 0 Å². The summed E-state index contributed by atoms with van der Waals surface area (Å²) in [5.74, 6) is 0.221. The summed E-state index contributed by atoms with van der Waals surface area (Å²) in [6.07, 6.45) is 2.39. The Morgan fingerprint density at radius 1 is 1.50 bits per heavy atom. The van der Waals surface area contributed by atoms with Crippen LogP contribution in [0.15, 0.2) is 0 Å². The minimum Gasteiger partial charge on any atom is -0.378 e. The van der Waals surface area contributed by atoms with Crippen molar-refractivity contribution in [2.75, 3.05) is 12.4 Å². The lowest BCUT2D eigenvalue weighted by Gasteiger charge is -2.27. The van der Waals surface area contributed by atoms with Crippen LogP contribution in [0.25, 0.3) is 0 Å². The molecule has 0 bridgehead atoms. The van der Waals surface area contributed by atoms with Gasteiger partial charge in [-0.15, -0.1) is 0 Å². The summed E-state index contributed by atoms with van der Waals surface area (Å²) >= 11 is 0. The number of ether oxygens (including phenoxy) is 1. The highest BCUT2D eigenvalue weighted by Crippen LogP contribution is 2.14. The minimum atomic E-state index is -3.06. The van der Waals surface area contributed by atoms with Crippen molar-refractivity contribution in [1.82, 2.24) is 4.72 Å². The van der Waals surface area contributed by atoms with Crippen LogP contribution in [0.3, 0.4) is 0 Å². The quantitative estimate of drug-likeness (QED) is 0.767. The molecule has 0 amide bonds. The molecule has 4 nitrogen and oxygen atoms in total. The molecule has 1 N–H and O–H groups in total. The lowest BCUT2D eigenvalue weighted by molar-refractivity contribution is 0.0173. The van der Waals surface area contributed by atoms with E-state index in [1.54, 1.807) is 0 Å². The van der Waals surface area contributed by atoms with Crippen molar-refractivity contribution in [3.8, 4) is 0 Å². The summed E-state index contributed by atoms with van der Waals surface area (Å²) in [4.78, 5) is 0. The maximum atomic E-state index is 11.5. The summed E-state index contributed by atoms with van der Waals surface area (Å²) in [7, 11) is -3.06. The average molecular weight is 221 g/mol. The summed E-state index contributed by atoms with van der Waals surface area (Å²) in [6.45, 7) is 4.49. The number of hydrogen-bond acceptors (Lipinski definition) is 3. The van der Waals surface area contributed by atoms with Crippen molar-refractivity contribution >= 4 is 10.0 Å². The molecular formula is C9H19NO3S. The lowest BCUT2D eigenvalue weighted by atomic mass is 10.1. The third-order valence-electron chi connectivity index (χ3n) is 2.30. The van der Waals surface area contributed by atoms with Crippen LogP contribution < -0.4 is 4.72 Å². The SMILES string of the molecule is CCCS(=O)(=O)NC1CCOC(C)C1. The first-order chi connectivity index (χ1) is 6.53. The fourth-order valence-electron chi connectivity index (χ4n) is 1.69. The molecule has 0 spiro atoms. The highest BCUT2D eigenvalue weighted by Gasteiger charge is 2.23. The maximum Gasteiger partial charge on any atom is 0.211 e. The van der Waals surface area contributed by atoms with Gasteiger partial charge in [0.2, 0.25) is 10.0 Å². The predicted molar refractivity (Wildman–Crippen MR) is 55.6 cm³/mol. The van der Waals surface area contributed by atoms with Crippen LogP contribution in [0.1, 0.15) is 33.1 Å². The Hall–Kier alpha value is -0.130.